The third-order valence-corrected chi connectivity index (χ3v) is 5.42. The highest BCUT2D eigenvalue weighted by Gasteiger charge is 2.15. The molecule has 0 saturated carbocycles. The van der Waals surface area contributed by atoms with Crippen LogP contribution < -0.4 is 4.74 Å². The molecule has 5 nitrogen and oxygen atoms in total. The number of phenols is 1. The Bertz CT molecular complexity index is 872. The minimum Gasteiger partial charge on any atom is -0.507 e. The minimum absolute atomic E-state index is 0.109. The summed E-state index contributed by atoms with van der Waals surface area (Å²) >= 11 is 1.65. The molecule has 29 heavy (non-hydrogen) atoms. The summed E-state index contributed by atoms with van der Waals surface area (Å²) in [5.41, 5.74) is 2.02. The van der Waals surface area contributed by atoms with Gasteiger partial charge in [-0.15, -0.1) is 11.8 Å². The van der Waals surface area contributed by atoms with E-state index in [2.05, 4.69) is 0 Å². The lowest BCUT2D eigenvalue weighted by Gasteiger charge is -2.13. The fourth-order valence-electron chi connectivity index (χ4n) is 2.80. The van der Waals surface area contributed by atoms with Gasteiger partial charge in [0.05, 0.1) is 12.2 Å². The largest absolute Gasteiger partial charge is 0.507 e. The maximum Gasteiger partial charge on any atom is 0.328 e. The highest BCUT2D eigenvalue weighted by Crippen LogP contribution is 2.34. The summed E-state index contributed by atoms with van der Waals surface area (Å²) in [6.45, 7) is 4.06. The lowest BCUT2D eigenvalue weighted by Crippen LogP contribution is -2.01. The lowest BCUT2D eigenvalue weighted by molar-refractivity contribution is -0.131. The molecule has 2 rings (SSSR count). The number of carbonyl (C=O) groups is 2. The normalized spacial score (nSPS) is 11.0. The van der Waals surface area contributed by atoms with Crippen LogP contribution in [0.3, 0.4) is 0 Å². The summed E-state index contributed by atoms with van der Waals surface area (Å²) in [5.74, 6) is 0.563. The summed E-state index contributed by atoms with van der Waals surface area (Å²) in [4.78, 5) is 23.2. The number of ether oxygens (including phenoxy) is 1. The van der Waals surface area contributed by atoms with Gasteiger partial charge in [0.2, 0.25) is 0 Å². The van der Waals surface area contributed by atoms with Gasteiger partial charge in [0, 0.05) is 22.3 Å². The van der Waals surface area contributed by atoms with Crippen molar-refractivity contribution in [1.29, 1.82) is 0 Å². The van der Waals surface area contributed by atoms with Crippen LogP contribution in [0, 0.1) is 0 Å². The number of carboxylic acid groups (broad SMARTS) is 1. The average Bonchev–Trinajstić information content (AvgIpc) is 2.69. The molecular formula is C23H26O5S. The van der Waals surface area contributed by atoms with Crippen molar-refractivity contribution in [1.82, 2.24) is 0 Å². The first-order valence-corrected chi connectivity index (χ1v) is 10.5. The van der Waals surface area contributed by atoms with Crippen molar-refractivity contribution in [2.45, 2.75) is 38.0 Å². The van der Waals surface area contributed by atoms with Crippen LogP contribution in [0.25, 0.3) is 6.08 Å². The Morgan fingerprint density at radius 1 is 1.14 bits per heavy atom. The van der Waals surface area contributed by atoms with Crippen molar-refractivity contribution in [3.05, 3.63) is 59.2 Å². The van der Waals surface area contributed by atoms with E-state index in [0.29, 0.717) is 12.2 Å². The molecule has 0 aliphatic carbocycles. The van der Waals surface area contributed by atoms with E-state index in [9.17, 15) is 14.7 Å². The molecule has 0 heterocycles. The third kappa shape index (κ3) is 6.98. The predicted octanol–water partition coefficient (Wildman–Crippen LogP) is 5.21. The topological polar surface area (TPSA) is 83.8 Å². The fraction of sp³-hybridized carbons (Fsp3) is 0.304. The van der Waals surface area contributed by atoms with Crippen molar-refractivity contribution in [3.63, 3.8) is 0 Å². The fourth-order valence-corrected chi connectivity index (χ4v) is 3.82. The molecule has 2 aromatic rings. The van der Waals surface area contributed by atoms with Crippen LogP contribution in [0.2, 0.25) is 0 Å². The number of hydrogen-bond donors (Lipinski definition) is 2. The van der Waals surface area contributed by atoms with E-state index in [4.69, 9.17) is 9.84 Å². The standard InChI is InChI=1S/C23H26O5S/c1-3-5-20-21(12-11-19(16(2)24)23(20)27)29-15-4-14-28-18-9-6-17(7-10-18)8-13-22(25)26/h6-13,27H,3-5,14-15H2,1-2H3,(H,25,26)/b13-8+. The van der Waals surface area contributed by atoms with E-state index in [1.54, 1.807) is 30.0 Å². The number of thioether (sulfide) groups is 1. The van der Waals surface area contributed by atoms with Crippen molar-refractivity contribution in [2.24, 2.45) is 0 Å². The summed E-state index contributed by atoms with van der Waals surface area (Å²) in [6, 6.07) is 10.8. The highest BCUT2D eigenvalue weighted by atomic mass is 32.2. The number of aliphatic carboxylic acids is 1. The van der Waals surface area contributed by atoms with Crippen LogP contribution in [0.4, 0.5) is 0 Å². The molecule has 0 aliphatic rings. The van der Waals surface area contributed by atoms with Gasteiger partial charge < -0.3 is 14.9 Å². The molecule has 0 spiro atoms. The van der Waals surface area contributed by atoms with Gasteiger partial charge in [-0.3, -0.25) is 4.79 Å². The lowest BCUT2D eigenvalue weighted by atomic mass is 10.0. The first-order valence-electron chi connectivity index (χ1n) is 9.54. The average molecular weight is 415 g/mol. The highest BCUT2D eigenvalue weighted by molar-refractivity contribution is 7.99. The summed E-state index contributed by atoms with van der Waals surface area (Å²) in [6.07, 6.45) is 5.08. The van der Waals surface area contributed by atoms with Crippen molar-refractivity contribution in [2.75, 3.05) is 12.4 Å². The van der Waals surface area contributed by atoms with Crippen LogP contribution in [0.15, 0.2) is 47.4 Å². The zero-order chi connectivity index (χ0) is 21.2. The van der Waals surface area contributed by atoms with Crippen molar-refractivity contribution < 1.29 is 24.5 Å². The number of ketones is 1. The van der Waals surface area contributed by atoms with E-state index in [1.807, 2.05) is 25.1 Å². The molecule has 0 unspecified atom stereocenters. The van der Waals surface area contributed by atoms with Gasteiger partial charge in [0.25, 0.3) is 0 Å². The minimum atomic E-state index is -0.978. The maximum absolute atomic E-state index is 11.6. The van der Waals surface area contributed by atoms with E-state index in [0.717, 1.165) is 52.9 Å². The smallest absolute Gasteiger partial charge is 0.328 e. The second-order valence-electron chi connectivity index (χ2n) is 6.54. The van der Waals surface area contributed by atoms with Crippen LogP contribution in [-0.2, 0) is 11.2 Å². The van der Waals surface area contributed by atoms with Crippen LogP contribution in [-0.4, -0.2) is 34.3 Å². The molecule has 0 bridgehead atoms. The van der Waals surface area contributed by atoms with Crippen molar-refractivity contribution >= 4 is 29.6 Å². The second-order valence-corrected chi connectivity index (χ2v) is 7.67. The van der Waals surface area contributed by atoms with Crippen molar-refractivity contribution in [3.8, 4) is 11.5 Å². The van der Waals surface area contributed by atoms with Gasteiger partial charge in [-0.1, -0.05) is 25.5 Å². The van der Waals surface area contributed by atoms with Gasteiger partial charge in [-0.25, -0.2) is 4.79 Å². The number of hydrogen-bond acceptors (Lipinski definition) is 5. The van der Waals surface area contributed by atoms with E-state index < -0.39 is 5.97 Å². The van der Waals surface area contributed by atoms with Gasteiger partial charge >= 0.3 is 5.97 Å². The Kier molecular flexibility index (Phi) is 8.80. The predicted molar refractivity (Wildman–Crippen MR) is 116 cm³/mol. The summed E-state index contributed by atoms with van der Waals surface area (Å²) in [7, 11) is 0. The first kappa shape index (κ1) is 22.6. The Hall–Kier alpha value is -2.73. The zero-order valence-corrected chi connectivity index (χ0v) is 17.5. The third-order valence-electron chi connectivity index (χ3n) is 4.23. The van der Waals surface area contributed by atoms with E-state index in [-0.39, 0.29) is 11.5 Å². The number of carbonyl (C=O) groups excluding carboxylic acids is 1. The molecule has 0 atom stereocenters. The molecule has 2 aromatic carbocycles. The summed E-state index contributed by atoms with van der Waals surface area (Å²) in [5, 5.41) is 19.1. The number of aromatic hydroxyl groups is 1. The van der Waals surface area contributed by atoms with Crippen LogP contribution in [0.5, 0.6) is 11.5 Å². The molecule has 0 saturated heterocycles. The molecule has 0 fully saturated rings. The Morgan fingerprint density at radius 3 is 2.48 bits per heavy atom. The second kappa shape index (κ2) is 11.3. The molecule has 0 amide bonds. The number of benzene rings is 2. The molecule has 154 valence electrons. The first-order chi connectivity index (χ1) is 13.9. The Morgan fingerprint density at radius 2 is 1.86 bits per heavy atom. The molecule has 0 aromatic heterocycles. The molecular weight excluding hydrogens is 388 g/mol. The van der Waals surface area contributed by atoms with Gasteiger partial charge in [0.1, 0.15) is 11.5 Å². The Labute approximate surface area is 175 Å². The summed E-state index contributed by atoms with van der Waals surface area (Å²) < 4.78 is 5.73. The number of Topliss-reactive ketones (excluding diaryl/α,β-unsaturated/α-hetero) is 1. The number of carboxylic acids is 1. The van der Waals surface area contributed by atoms with Crippen LogP contribution >= 0.6 is 11.8 Å². The monoisotopic (exact) mass is 414 g/mol. The van der Waals surface area contributed by atoms with E-state index >= 15 is 0 Å². The zero-order valence-electron chi connectivity index (χ0n) is 16.7. The molecule has 0 aliphatic heterocycles. The SMILES string of the molecule is CCCc1c(SCCCOc2ccc(/C=C/C(=O)O)cc2)ccc(C(C)=O)c1O. The molecule has 0 radical (unpaired) electrons. The maximum atomic E-state index is 11.6. The van der Waals surface area contributed by atoms with Gasteiger partial charge in [-0.2, -0.15) is 0 Å². The quantitative estimate of drug-likeness (QED) is 0.227. The van der Waals surface area contributed by atoms with E-state index in [1.165, 1.54) is 13.0 Å². The van der Waals surface area contributed by atoms with Gasteiger partial charge in [0.15, 0.2) is 5.78 Å². The molecule has 6 heteroatoms. The number of rotatable bonds is 11. The Balaban J connectivity index is 1.85. The van der Waals surface area contributed by atoms with Gasteiger partial charge in [-0.05, 0) is 55.7 Å². The molecule has 2 N–H and O–H groups in total. The number of phenolic OH excluding ortho intramolecular Hbond substituents is 1. The van der Waals surface area contributed by atoms with Crippen LogP contribution in [0.1, 0.15) is 48.2 Å².